The van der Waals surface area contributed by atoms with Gasteiger partial charge < -0.3 is 25.8 Å². The molecule has 0 atom stereocenters. The van der Waals surface area contributed by atoms with Gasteiger partial charge in [0.15, 0.2) is 11.5 Å². The molecule has 0 fully saturated rings. The largest absolute Gasteiger partial charge is 0.493 e. The summed E-state index contributed by atoms with van der Waals surface area (Å²) >= 11 is 0. The van der Waals surface area contributed by atoms with Crippen LogP contribution in [0.25, 0.3) is 0 Å². The Labute approximate surface area is 156 Å². The minimum atomic E-state index is 0.646. The standard InChI is InChI=1S/C21H31N3O2/c1-4-11-24(12-9-16-5-7-18(22)19(23)14-16)13-10-17-6-8-20(25-2)21(15-17)26-3/h5-8,14-15H,4,9-13,22-23H2,1-3H3. The first-order valence-corrected chi connectivity index (χ1v) is 9.14. The summed E-state index contributed by atoms with van der Waals surface area (Å²) in [5.41, 5.74) is 15.5. The summed E-state index contributed by atoms with van der Waals surface area (Å²) < 4.78 is 10.7. The first-order chi connectivity index (χ1) is 12.6. The van der Waals surface area contributed by atoms with Crippen LogP contribution in [0, 0.1) is 0 Å². The minimum Gasteiger partial charge on any atom is -0.493 e. The van der Waals surface area contributed by atoms with Crippen molar-refractivity contribution in [3.05, 3.63) is 47.5 Å². The fourth-order valence-corrected chi connectivity index (χ4v) is 3.04. The molecule has 0 aliphatic carbocycles. The number of methoxy groups -OCH3 is 2. The molecule has 0 saturated carbocycles. The van der Waals surface area contributed by atoms with E-state index in [9.17, 15) is 0 Å². The van der Waals surface area contributed by atoms with E-state index in [2.05, 4.69) is 30.0 Å². The second kappa shape index (κ2) is 9.92. The fraction of sp³-hybridized carbons (Fsp3) is 0.429. The molecule has 26 heavy (non-hydrogen) atoms. The molecule has 0 unspecified atom stereocenters. The van der Waals surface area contributed by atoms with Gasteiger partial charge in [0.2, 0.25) is 0 Å². The summed E-state index contributed by atoms with van der Waals surface area (Å²) in [4.78, 5) is 2.49. The van der Waals surface area contributed by atoms with Gasteiger partial charge in [-0.05, 0) is 61.2 Å². The van der Waals surface area contributed by atoms with Gasteiger partial charge >= 0.3 is 0 Å². The lowest BCUT2D eigenvalue weighted by Gasteiger charge is -2.22. The van der Waals surface area contributed by atoms with Gasteiger partial charge in [-0.3, -0.25) is 0 Å². The minimum absolute atomic E-state index is 0.646. The van der Waals surface area contributed by atoms with Crippen molar-refractivity contribution in [2.24, 2.45) is 0 Å². The molecule has 0 bridgehead atoms. The summed E-state index contributed by atoms with van der Waals surface area (Å²) in [5.74, 6) is 1.55. The Bertz CT molecular complexity index is 704. The molecule has 2 aromatic carbocycles. The van der Waals surface area contributed by atoms with Gasteiger partial charge in [-0.25, -0.2) is 0 Å². The highest BCUT2D eigenvalue weighted by atomic mass is 16.5. The van der Waals surface area contributed by atoms with Gasteiger partial charge in [-0.2, -0.15) is 0 Å². The molecule has 0 aliphatic heterocycles. The molecule has 0 saturated heterocycles. The monoisotopic (exact) mass is 357 g/mol. The molecule has 5 nitrogen and oxygen atoms in total. The Balaban J connectivity index is 1.94. The Morgan fingerprint density at radius 2 is 1.38 bits per heavy atom. The van der Waals surface area contributed by atoms with E-state index in [1.807, 2.05) is 18.2 Å². The van der Waals surface area contributed by atoms with Gasteiger partial charge in [0.1, 0.15) is 0 Å². The summed E-state index contributed by atoms with van der Waals surface area (Å²) in [5, 5.41) is 0. The molecule has 4 N–H and O–H groups in total. The zero-order chi connectivity index (χ0) is 18.9. The number of nitrogens with two attached hydrogens (primary N) is 2. The average molecular weight is 357 g/mol. The Morgan fingerprint density at radius 1 is 0.769 bits per heavy atom. The molecule has 2 aromatic rings. The Hall–Kier alpha value is -2.40. The second-order valence-corrected chi connectivity index (χ2v) is 6.49. The fourth-order valence-electron chi connectivity index (χ4n) is 3.04. The second-order valence-electron chi connectivity index (χ2n) is 6.49. The van der Waals surface area contributed by atoms with Crippen LogP contribution in [0.4, 0.5) is 11.4 Å². The molecular weight excluding hydrogens is 326 g/mol. The van der Waals surface area contributed by atoms with E-state index < -0.39 is 0 Å². The van der Waals surface area contributed by atoms with Crippen LogP contribution in [0.2, 0.25) is 0 Å². The molecule has 0 heterocycles. The number of anilines is 2. The third kappa shape index (κ3) is 5.56. The lowest BCUT2D eigenvalue weighted by atomic mass is 10.1. The maximum atomic E-state index is 5.91. The van der Waals surface area contributed by atoms with Gasteiger partial charge in [-0.1, -0.05) is 19.1 Å². The quantitative estimate of drug-likeness (QED) is 0.638. The summed E-state index contributed by atoms with van der Waals surface area (Å²) in [6, 6.07) is 12.1. The smallest absolute Gasteiger partial charge is 0.160 e. The summed E-state index contributed by atoms with van der Waals surface area (Å²) in [7, 11) is 3.33. The highest BCUT2D eigenvalue weighted by molar-refractivity contribution is 5.63. The highest BCUT2D eigenvalue weighted by Gasteiger charge is 2.08. The number of nitrogens with zero attached hydrogens (tertiary/aromatic N) is 1. The zero-order valence-electron chi connectivity index (χ0n) is 16.1. The van der Waals surface area contributed by atoms with Crippen LogP contribution in [0.15, 0.2) is 36.4 Å². The molecule has 0 radical (unpaired) electrons. The van der Waals surface area contributed by atoms with E-state index in [4.69, 9.17) is 20.9 Å². The van der Waals surface area contributed by atoms with Crippen LogP contribution in [0.5, 0.6) is 11.5 Å². The zero-order valence-corrected chi connectivity index (χ0v) is 16.1. The number of hydrogen-bond acceptors (Lipinski definition) is 5. The van der Waals surface area contributed by atoms with Crippen molar-refractivity contribution in [2.45, 2.75) is 26.2 Å². The van der Waals surface area contributed by atoms with Crippen LogP contribution < -0.4 is 20.9 Å². The maximum absolute atomic E-state index is 5.91. The van der Waals surface area contributed by atoms with Gasteiger partial charge in [-0.15, -0.1) is 0 Å². The normalized spacial score (nSPS) is 10.9. The number of hydrogen-bond donors (Lipinski definition) is 2. The third-order valence-corrected chi connectivity index (χ3v) is 4.57. The number of ether oxygens (including phenoxy) is 2. The van der Waals surface area contributed by atoms with Gasteiger partial charge in [0, 0.05) is 13.1 Å². The van der Waals surface area contributed by atoms with E-state index in [-0.39, 0.29) is 0 Å². The molecule has 0 amide bonds. The van der Waals surface area contributed by atoms with Gasteiger partial charge in [0.25, 0.3) is 0 Å². The average Bonchev–Trinajstić information content (AvgIpc) is 2.66. The van der Waals surface area contributed by atoms with Crippen LogP contribution in [0.3, 0.4) is 0 Å². The predicted octanol–water partition coefficient (Wildman–Crippen LogP) is 3.37. The van der Waals surface area contributed by atoms with Crippen molar-refractivity contribution in [3.8, 4) is 11.5 Å². The number of benzene rings is 2. The molecule has 5 heteroatoms. The lowest BCUT2D eigenvalue weighted by molar-refractivity contribution is 0.280. The summed E-state index contributed by atoms with van der Waals surface area (Å²) in [6.45, 7) is 5.31. The Morgan fingerprint density at radius 3 is 1.96 bits per heavy atom. The molecule has 0 aromatic heterocycles. The third-order valence-electron chi connectivity index (χ3n) is 4.57. The van der Waals surface area contributed by atoms with Crippen molar-refractivity contribution in [1.82, 2.24) is 4.90 Å². The first-order valence-electron chi connectivity index (χ1n) is 9.14. The van der Waals surface area contributed by atoms with E-state index in [1.54, 1.807) is 14.2 Å². The maximum Gasteiger partial charge on any atom is 0.160 e. The lowest BCUT2D eigenvalue weighted by Crippen LogP contribution is -2.29. The highest BCUT2D eigenvalue weighted by Crippen LogP contribution is 2.27. The van der Waals surface area contributed by atoms with E-state index in [0.717, 1.165) is 50.4 Å². The van der Waals surface area contributed by atoms with Crippen LogP contribution >= 0.6 is 0 Å². The topological polar surface area (TPSA) is 73.7 Å². The molecule has 142 valence electrons. The molecule has 0 aliphatic rings. The van der Waals surface area contributed by atoms with Crippen molar-refractivity contribution in [3.63, 3.8) is 0 Å². The predicted molar refractivity (Wildman–Crippen MR) is 109 cm³/mol. The number of rotatable bonds is 10. The van der Waals surface area contributed by atoms with Crippen molar-refractivity contribution in [2.75, 3.05) is 45.3 Å². The van der Waals surface area contributed by atoms with E-state index in [1.165, 1.54) is 11.1 Å². The summed E-state index contributed by atoms with van der Waals surface area (Å²) in [6.07, 6.45) is 3.08. The van der Waals surface area contributed by atoms with Crippen molar-refractivity contribution < 1.29 is 9.47 Å². The molecular formula is C21H31N3O2. The van der Waals surface area contributed by atoms with Crippen molar-refractivity contribution in [1.29, 1.82) is 0 Å². The first kappa shape index (κ1) is 19.9. The number of nitrogen functional groups attached to an aromatic ring is 2. The van der Waals surface area contributed by atoms with E-state index in [0.29, 0.717) is 11.4 Å². The van der Waals surface area contributed by atoms with Crippen LogP contribution in [0.1, 0.15) is 24.5 Å². The Kier molecular flexibility index (Phi) is 7.60. The van der Waals surface area contributed by atoms with Crippen LogP contribution in [-0.4, -0.2) is 38.8 Å². The molecule has 2 rings (SSSR count). The molecule has 0 spiro atoms. The van der Waals surface area contributed by atoms with Crippen molar-refractivity contribution >= 4 is 11.4 Å². The van der Waals surface area contributed by atoms with Gasteiger partial charge in [0.05, 0.1) is 25.6 Å². The van der Waals surface area contributed by atoms with E-state index >= 15 is 0 Å². The SMILES string of the molecule is CCCN(CCc1ccc(N)c(N)c1)CCc1ccc(OC)c(OC)c1. The van der Waals surface area contributed by atoms with Crippen LogP contribution in [-0.2, 0) is 12.8 Å².